The summed E-state index contributed by atoms with van der Waals surface area (Å²) >= 11 is 3.53. The van der Waals surface area contributed by atoms with Crippen LogP contribution in [0.15, 0.2) is 9.55 Å². The Labute approximate surface area is 149 Å². The monoisotopic (exact) mass is 360 g/mol. The largest absolute Gasteiger partial charge is 0.338 e. The first-order valence-corrected chi connectivity index (χ1v) is 10.0. The molecule has 0 aromatic carbocycles. The molecule has 4 rings (SSSR count). The first kappa shape index (κ1) is 16.0. The molecule has 7 heteroatoms. The summed E-state index contributed by atoms with van der Waals surface area (Å²) in [5.41, 5.74) is 1.46. The third kappa shape index (κ3) is 2.73. The number of aryl methyl sites for hydroxylation is 3. The first-order chi connectivity index (χ1) is 11.5. The lowest BCUT2D eigenvalue weighted by atomic mass is 10.2. The zero-order valence-electron chi connectivity index (χ0n) is 14.3. The van der Waals surface area contributed by atoms with Crippen molar-refractivity contribution in [2.75, 3.05) is 0 Å². The van der Waals surface area contributed by atoms with Gasteiger partial charge in [-0.05, 0) is 38.7 Å². The lowest BCUT2D eigenvalue weighted by Gasteiger charge is -2.08. The summed E-state index contributed by atoms with van der Waals surface area (Å²) < 4.78 is 5.45. The number of rotatable bonds is 4. The standard InChI is InChI=1S/C17H20N4OS2/c1-8(2)14-20-15(22-21-14)9(3)23-16-13-11-6-5-7-12(11)24-17(13)19-10(4)18-16/h8-9H,5-7H2,1-4H3/t9-/m0/s1. The van der Waals surface area contributed by atoms with Crippen LogP contribution in [0.5, 0.6) is 0 Å². The Balaban J connectivity index is 1.70. The van der Waals surface area contributed by atoms with Gasteiger partial charge in [0.1, 0.15) is 15.7 Å². The van der Waals surface area contributed by atoms with Crippen LogP contribution in [0, 0.1) is 6.92 Å². The van der Waals surface area contributed by atoms with Crippen molar-refractivity contribution in [2.45, 2.75) is 63.2 Å². The Bertz CT molecular complexity index is 900. The highest BCUT2D eigenvalue weighted by Gasteiger charge is 2.25. The summed E-state index contributed by atoms with van der Waals surface area (Å²) in [5.74, 6) is 2.52. The molecule has 24 heavy (non-hydrogen) atoms. The topological polar surface area (TPSA) is 64.7 Å². The molecule has 0 radical (unpaired) electrons. The van der Waals surface area contributed by atoms with Gasteiger partial charge in [-0.1, -0.05) is 30.8 Å². The quantitative estimate of drug-likeness (QED) is 0.489. The molecule has 0 unspecified atom stereocenters. The van der Waals surface area contributed by atoms with E-state index in [2.05, 4.69) is 35.9 Å². The fraction of sp³-hybridized carbons (Fsp3) is 0.529. The van der Waals surface area contributed by atoms with Crippen LogP contribution >= 0.6 is 23.1 Å². The molecule has 1 atom stereocenters. The van der Waals surface area contributed by atoms with Crippen molar-refractivity contribution in [1.82, 2.24) is 20.1 Å². The Morgan fingerprint density at radius 2 is 1.96 bits per heavy atom. The van der Waals surface area contributed by atoms with Crippen LogP contribution < -0.4 is 0 Å². The van der Waals surface area contributed by atoms with Crippen LogP contribution in [-0.2, 0) is 12.8 Å². The van der Waals surface area contributed by atoms with E-state index in [0.29, 0.717) is 5.89 Å². The predicted octanol–water partition coefficient (Wildman–Crippen LogP) is 4.85. The lowest BCUT2D eigenvalue weighted by Crippen LogP contribution is -1.96. The van der Waals surface area contributed by atoms with Crippen molar-refractivity contribution < 1.29 is 4.52 Å². The molecule has 3 aromatic rings. The van der Waals surface area contributed by atoms with Crippen LogP contribution in [0.3, 0.4) is 0 Å². The van der Waals surface area contributed by atoms with E-state index in [1.165, 1.54) is 28.7 Å². The number of aromatic nitrogens is 4. The van der Waals surface area contributed by atoms with Crippen molar-refractivity contribution in [3.05, 3.63) is 28.0 Å². The third-order valence-electron chi connectivity index (χ3n) is 4.25. The van der Waals surface area contributed by atoms with E-state index in [0.717, 1.165) is 27.9 Å². The van der Waals surface area contributed by atoms with E-state index < -0.39 is 0 Å². The van der Waals surface area contributed by atoms with Gasteiger partial charge in [0.15, 0.2) is 5.82 Å². The van der Waals surface area contributed by atoms with E-state index in [4.69, 9.17) is 9.51 Å². The molecule has 0 fully saturated rings. The SMILES string of the molecule is Cc1nc(S[C@@H](C)c2nc(C(C)C)no2)c2c3c(sc2n1)CCC3. The van der Waals surface area contributed by atoms with E-state index in [1.54, 1.807) is 11.8 Å². The third-order valence-corrected chi connectivity index (χ3v) is 6.51. The summed E-state index contributed by atoms with van der Waals surface area (Å²) in [6, 6.07) is 0. The fourth-order valence-electron chi connectivity index (χ4n) is 3.01. The number of thiophene rings is 1. The molecule has 0 spiro atoms. The highest BCUT2D eigenvalue weighted by Crippen LogP contribution is 2.43. The van der Waals surface area contributed by atoms with Gasteiger partial charge in [0, 0.05) is 16.2 Å². The van der Waals surface area contributed by atoms with Gasteiger partial charge in [-0.25, -0.2) is 9.97 Å². The van der Waals surface area contributed by atoms with Crippen molar-refractivity contribution in [3.63, 3.8) is 0 Å². The second kappa shape index (κ2) is 6.11. The van der Waals surface area contributed by atoms with Crippen LogP contribution in [0.1, 0.15) is 66.3 Å². The van der Waals surface area contributed by atoms with Crippen molar-refractivity contribution >= 4 is 33.3 Å². The fourth-order valence-corrected chi connectivity index (χ4v) is 5.44. The van der Waals surface area contributed by atoms with E-state index in [9.17, 15) is 0 Å². The Hall–Kier alpha value is -1.47. The van der Waals surface area contributed by atoms with Crippen LogP contribution in [0.4, 0.5) is 0 Å². The summed E-state index contributed by atoms with van der Waals surface area (Å²) in [5, 5.41) is 6.44. The Morgan fingerprint density at radius 3 is 2.71 bits per heavy atom. The minimum absolute atomic E-state index is 0.0689. The van der Waals surface area contributed by atoms with Gasteiger partial charge in [-0.15, -0.1) is 11.3 Å². The van der Waals surface area contributed by atoms with Gasteiger partial charge < -0.3 is 4.52 Å². The van der Waals surface area contributed by atoms with Crippen molar-refractivity contribution in [3.8, 4) is 0 Å². The molecular formula is C17H20N4OS2. The number of hydrogen-bond donors (Lipinski definition) is 0. The van der Waals surface area contributed by atoms with Crippen LogP contribution in [0.25, 0.3) is 10.2 Å². The average Bonchev–Trinajstić information content (AvgIpc) is 3.21. The molecule has 126 valence electrons. The van der Waals surface area contributed by atoms with Gasteiger partial charge in [-0.3, -0.25) is 0 Å². The molecule has 3 heterocycles. The highest BCUT2D eigenvalue weighted by atomic mass is 32.2. The zero-order chi connectivity index (χ0) is 16.8. The molecule has 0 N–H and O–H groups in total. The van der Waals surface area contributed by atoms with Gasteiger partial charge in [0.05, 0.1) is 5.25 Å². The molecular weight excluding hydrogens is 340 g/mol. The molecule has 3 aromatic heterocycles. The summed E-state index contributed by atoms with van der Waals surface area (Å²) in [4.78, 5) is 16.5. The molecule has 0 saturated carbocycles. The van der Waals surface area contributed by atoms with Crippen LogP contribution in [-0.4, -0.2) is 20.1 Å². The number of nitrogens with zero attached hydrogens (tertiary/aromatic N) is 4. The van der Waals surface area contributed by atoms with E-state index >= 15 is 0 Å². The number of hydrogen-bond acceptors (Lipinski definition) is 7. The molecule has 5 nitrogen and oxygen atoms in total. The number of thioether (sulfide) groups is 1. The lowest BCUT2D eigenvalue weighted by molar-refractivity contribution is 0.373. The van der Waals surface area contributed by atoms with E-state index in [-0.39, 0.29) is 11.2 Å². The Kier molecular flexibility index (Phi) is 4.08. The molecule has 0 amide bonds. The normalized spacial score (nSPS) is 15.4. The summed E-state index contributed by atoms with van der Waals surface area (Å²) in [7, 11) is 0. The van der Waals surface area contributed by atoms with Crippen molar-refractivity contribution in [2.24, 2.45) is 0 Å². The smallest absolute Gasteiger partial charge is 0.239 e. The minimum atomic E-state index is 0.0689. The Morgan fingerprint density at radius 1 is 1.12 bits per heavy atom. The molecule has 0 bridgehead atoms. The zero-order valence-corrected chi connectivity index (χ0v) is 15.9. The maximum atomic E-state index is 5.45. The second-order valence-corrected chi connectivity index (χ2v) is 8.93. The van der Waals surface area contributed by atoms with Gasteiger partial charge in [0.25, 0.3) is 0 Å². The number of fused-ring (bicyclic) bond motifs is 3. The molecule has 1 aliphatic carbocycles. The maximum Gasteiger partial charge on any atom is 0.239 e. The first-order valence-electron chi connectivity index (χ1n) is 8.32. The molecule has 0 saturated heterocycles. The maximum absolute atomic E-state index is 5.45. The van der Waals surface area contributed by atoms with Gasteiger partial charge in [-0.2, -0.15) is 4.98 Å². The second-order valence-electron chi connectivity index (χ2n) is 6.52. The van der Waals surface area contributed by atoms with E-state index in [1.807, 2.05) is 18.3 Å². The summed E-state index contributed by atoms with van der Waals surface area (Å²) in [6.07, 6.45) is 3.56. The highest BCUT2D eigenvalue weighted by molar-refractivity contribution is 7.99. The molecule has 1 aliphatic rings. The average molecular weight is 361 g/mol. The van der Waals surface area contributed by atoms with Crippen LogP contribution in [0.2, 0.25) is 0 Å². The molecule has 0 aliphatic heterocycles. The van der Waals surface area contributed by atoms with Gasteiger partial charge in [0.2, 0.25) is 5.89 Å². The summed E-state index contributed by atoms with van der Waals surface area (Å²) in [6.45, 7) is 8.19. The predicted molar refractivity (Wildman–Crippen MR) is 96.8 cm³/mol. The van der Waals surface area contributed by atoms with Crippen molar-refractivity contribution in [1.29, 1.82) is 0 Å². The minimum Gasteiger partial charge on any atom is -0.338 e. The van der Waals surface area contributed by atoms with Gasteiger partial charge >= 0.3 is 0 Å².